The van der Waals surface area contributed by atoms with Gasteiger partial charge in [0.05, 0.1) is 6.10 Å². The van der Waals surface area contributed by atoms with Crippen LogP contribution in [-0.4, -0.2) is 11.2 Å². The quantitative estimate of drug-likeness (QED) is 0.558. The minimum Gasteiger partial charge on any atom is -0.393 e. The summed E-state index contributed by atoms with van der Waals surface area (Å²) in [6.45, 7) is 0. The summed E-state index contributed by atoms with van der Waals surface area (Å²) >= 11 is 0. The van der Waals surface area contributed by atoms with Gasteiger partial charge in [0.15, 0.2) is 0 Å². The Labute approximate surface area is 78.8 Å². The average Bonchev–Trinajstić information content (AvgIpc) is 2.72. The van der Waals surface area contributed by atoms with Crippen LogP contribution in [0, 0.1) is 35.5 Å². The van der Waals surface area contributed by atoms with E-state index in [9.17, 15) is 5.11 Å². The SMILES string of the molecule is O[C@@H]1[C@H]2C[C@H]3[C@H]4CC=C[C@H]4[C@@H]1[C@H]3C2. The number of hydrogen-bond donors (Lipinski definition) is 1. The molecule has 3 saturated carbocycles. The van der Waals surface area contributed by atoms with Gasteiger partial charge in [-0.3, -0.25) is 0 Å². The molecule has 0 saturated heterocycles. The molecule has 70 valence electrons. The number of rotatable bonds is 0. The molecule has 0 aromatic heterocycles. The van der Waals surface area contributed by atoms with Crippen LogP contribution in [0.5, 0.6) is 0 Å². The van der Waals surface area contributed by atoms with E-state index in [0.29, 0.717) is 11.8 Å². The predicted molar refractivity (Wildman–Crippen MR) is 49.9 cm³/mol. The minimum absolute atomic E-state index is 0.0546. The second-order valence-electron chi connectivity index (χ2n) is 5.53. The summed E-state index contributed by atoms with van der Waals surface area (Å²) in [7, 11) is 0. The molecule has 0 aromatic rings. The van der Waals surface area contributed by atoms with E-state index >= 15 is 0 Å². The normalized spacial score (nSPS) is 66.4. The Morgan fingerprint density at radius 3 is 2.77 bits per heavy atom. The first-order valence-electron chi connectivity index (χ1n) is 5.71. The minimum atomic E-state index is 0.0546. The Kier molecular flexibility index (Phi) is 1.10. The van der Waals surface area contributed by atoms with Crippen molar-refractivity contribution in [3.63, 3.8) is 0 Å². The summed E-state index contributed by atoms with van der Waals surface area (Å²) < 4.78 is 0. The Bertz CT molecular complexity index is 283. The van der Waals surface area contributed by atoms with E-state index in [1.165, 1.54) is 19.3 Å². The molecule has 1 N–H and O–H groups in total. The lowest BCUT2D eigenvalue weighted by Gasteiger charge is -2.25. The molecule has 0 aromatic carbocycles. The first-order chi connectivity index (χ1) is 6.36. The van der Waals surface area contributed by atoms with Crippen LogP contribution in [0.15, 0.2) is 12.2 Å². The van der Waals surface area contributed by atoms with Crippen LogP contribution in [0.1, 0.15) is 19.3 Å². The molecule has 2 bridgehead atoms. The molecular formula is C12H16O. The molecule has 0 radical (unpaired) electrons. The predicted octanol–water partition coefficient (Wildman–Crippen LogP) is 1.83. The van der Waals surface area contributed by atoms with E-state index in [1.54, 1.807) is 0 Å². The van der Waals surface area contributed by atoms with Gasteiger partial charge in [-0.2, -0.15) is 0 Å². The molecule has 1 nitrogen and oxygen atoms in total. The average molecular weight is 176 g/mol. The maximum atomic E-state index is 10.1. The van der Waals surface area contributed by atoms with Gasteiger partial charge in [-0.05, 0) is 54.8 Å². The van der Waals surface area contributed by atoms with Crippen LogP contribution in [-0.2, 0) is 0 Å². The van der Waals surface area contributed by atoms with Crippen molar-refractivity contribution < 1.29 is 5.11 Å². The zero-order chi connectivity index (χ0) is 8.58. The van der Waals surface area contributed by atoms with Gasteiger partial charge in [0, 0.05) is 0 Å². The van der Waals surface area contributed by atoms with Crippen LogP contribution in [0.3, 0.4) is 0 Å². The summed E-state index contributed by atoms with van der Waals surface area (Å²) in [4.78, 5) is 0. The Morgan fingerprint density at radius 1 is 1.08 bits per heavy atom. The Morgan fingerprint density at radius 2 is 1.92 bits per heavy atom. The highest BCUT2D eigenvalue weighted by molar-refractivity contribution is 5.19. The molecule has 3 fully saturated rings. The number of hydrogen-bond acceptors (Lipinski definition) is 1. The van der Waals surface area contributed by atoms with Crippen molar-refractivity contribution in [3.8, 4) is 0 Å². The first kappa shape index (κ1) is 7.05. The van der Waals surface area contributed by atoms with E-state index in [1.807, 2.05) is 0 Å². The second kappa shape index (κ2) is 2.03. The Hall–Kier alpha value is -0.300. The molecule has 0 amide bonds. The van der Waals surface area contributed by atoms with Crippen LogP contribution >= 0.6 is 0 Å². The molecule has 4 aliphatic carbocycles. The lowest BCUT2D eigenvalue weighted by Crippen LogP contribution is -2.28. The van der Waals surface area contributed by atoms with Crippen molar-refractivity contribution in [3.05, 3.63) is 12.2 Å². The van der Waals surface area contributed by atoms with Crippen LogP contribution in [0.2, 0.25) is 0 Å². The van der Waals surface area contributed by atoms with Crippen molar-refractivity contribution in [1.29, 1.82) is 0 Å². The van der Waals surface area contributed by atoms with E-state index < -0.39 is 0 Å². The van der Waals surface area contributed by atoms with Crippen molar-refractivity contribution in [1.82, 2.24) is 0 Å². The first-order valence-corrected chi connectivity index (χ1v) is 5.71. The maximum absolute atomic E-state index is 10.1. The zero-order valence-electron chi connectivity index (χ0n) is 7.76. The largest absolute Gasteiger partial charge is 0.393 e. The molecule has 7 atom stereocenters. The summed E-state index contributed by atoms with van der Waals surface area (Å²) in [6, 6.07) is 0. The molecule has 4 rings (SSSR count). The van der Waals surface area contributed by atoms with E-state index in [-0.39, 0.29) is 6.10 Å². The number of aliphatic hydroxyl groups excluding tert-OH is 1. The molecule has 1 heteroatoms. The fourth-order valence-electron chi connectivity index (χ4n) is 5.01. The summed E-state index contributed by atoms with van der Waals surface area (Å²) in [5.74, 6) is 4.92. The fourth-order valence-corrected chi connectivity index (χ4v) is 5.01. The lowest BCUT2D eigenvalue weighted by molar-refractivity contribution is 0.0564. The second-order valence-corrected chi connectivity index (χ2v) is 5.53. The van der Waals surface area contributed by atoms with Crippen LogP contribution < -0.4 is 0 Å². The molecule has 0 aliphatic heterocycles. The molecule has 0 spiro atoms. The van der Waals surface area contributed by atoms with Crippen LogP contribution in [0.25, 0.3) is 0 Å². The summed E-state index contributed by atoms with van der Waals surface area (Å²) in [5.41, 5.74) is 0. The highest BCUT2D eigenvalue weighted by Gasteiger charge is 2.63. The molecule has 4 aliphatic rings. The number of aliphatic hydroxyl groups is 1. The molecule has 0 heterocycles. The third kappa shape index (κ3) is 0.633. The third-order valence-electron chi connectivity index (χ3n) is 5.33. The number of fused-ring (bicyclic) bond motifs is 4. The van der Waals surface area contributed by atoms with Gasteiger partial charge < -0.3 is 5.11 Å². The highest BCUT2D eigenvalue weighted by Crippen LogP contribution is 2.66. The molecule has 13 heavy (non-hydrogen) atoms. The number of allylic oxidation sites excluding steroid dienone is 2. The van der Waals surface area contributed by atoms with Crippen molar-refractivity contribution in [2.45, 2.75) is 25.4 Å². The summed E-state index contributed by atoms with van der Waals surface area (Å²) in [6.07, 6.45) is 8.80. The lowest BCUT2D eigenvalue weighted by atomic mass is 9.83. The topological polar surface area (TPSA) is 20.2 Å². The van der Waals surface area contributed by atoms with Gasteiger partial charge in [-0.25, -0.2) is 0 Å². The smallest absolute Gasteiger partial charge is 0.0605 e. The van der Waals surface area contributed by atoms with Gasteiger partial charge in [-0.15, -0.1) is 0 Å². The Balaban J connectivity index is 1.83. The van der Waals surface area contributed by atoms with Gasteiger partial charge in [0.2, 0.25) is 0 Å². The van der Waals surface area contributed by atoms with Gasteiger partial charge >= 0.3 is 0 Å². The fraction of sp³-hybridized carbons (Fsp3) is 0.833. The van der Waals surface area contributed by atoms with Crippen molar-refractivity contribution in [2.75, 3.05) is 0 Å². The third-order valence-corrected chi connectivity index (χ3v) is 5.33. The summed E-state index contributed by atoms with van der Waals surface area (Å²) in [5, 5.41) is 10.1. The maximum Gasteiger partial charge on any atom is 0.0605 e. The molecular weight excluding hydrogens is 160 g/mol. The van der Waals surface area contributed by atoms with E-state index in [2.05, 4.69) is 12.2 Å². The van der Waals surface area contributed by atoms with E-state index in [0.717, 1.165) is 23.7 Å². The van der Waals surface area contributed by atoms with Crippen molar-refractivity contribution >= 4 is 0 Å². The van der Waals surface area contributed by atoms with Gasteiger partial charge in [0.1, 0.15) is 0 Å². The highest BCUT2D eigenvalue weighted by atomic mass is 16.3. The monoisotopic (exact) mass is 176 g/mol. The molecule has 0 unspecified atom stereocenters. The van der Waals surface area contributed by atoms with Crippen LogP contribution in [0.4, 0.5) is 0 Å². The standard InChI is InChI=1S/C12H16O/c13-12-6-4-9-7-2-1-3-8(7)11(12)10(9)5-6/h1,3,6-13H,2,4-5H2/t6-,7-,8+,9-,10-,11+,12+/m0/s1. The van der Waals surface area contributed by atoms with E-state index in [4.69, 9.17) is 0 Å². The van der Waals surface area contributed by atoms with Crippen molar-refractivity contribution in [2.24, 2.45) is 35.5 Å². The zero-order valence-corrected chi connectivity index (χ0v) is 7.76. The van der Waals surface area contributed by atoms with Gasteiger partial charge in [-0.1, -0.05) is 12.2 Å². The van der Waals surface area contributed by atoms with Gasteiger partial charge in [0.25, 0.3) is 0 Å².